The highest BCUT2D eigenvalue weighted by Gasteiger charge is 2.19. The average Bonchev–Trinajstić information content (AvgIpc) is 3.16. The molecule has 0 bridgehead atoms. The van der Waals surface area contributed by atoms with Crippen molar-refractivity contribution in [2.45, 2.75) is 40.2 Å². The van der Waals surface area contributed by atoms with E-state index in [1.807, 2.05) is 32.9 Å². The number of urea groups is 1. The Morgan fingerprint density at radius 1 is 1.18 bits per heavy atom. The Labute approximate surface area is 165 Å². The Morgan fingerprint density at radius 2 is 1.96 bits per heavy atom. The molecule has 8 heteroatoms. The Balaban J connectivity index is 2.06. The van der Waals surface area contributed by atoms with E-state index in [1.165, 1.54) is 6.26 Å². The molecule has 0 unspecified atom stereocenters. The van der Waals surface area contributed by atoms with Crippen molar-refractivity contribution >= 4 is 17.6 Å². The second kappa shape index (κ2) is 11.0. The first-order valence-corrected chi connectivity index (χ1v) is 9.59. The van der Waals surface area contributed by atoms with Crippen molar-refractivity contribution in [3.63, 3.8) is 0 Å². The Bertz CT molecular complexity index is 775. The highest BCUT2D eigenvalue weighted by Crippen LogP contribution is 2.24. The average molecular weight is 388 g/mol. The number of benzene rings is 1. The molecule has 152 valence electrons. The minimum atomic E-state index is -0.288. The summed E-state index contributed by atoms with van der Waals surface area (Å²) >= 11 is 0. The molecule has 0 aliphatic rings. The van der Waals surface area contributed by atoms with Crippen LogP contribution in [0.15, 0.2) is 34.9 Å². The molecule has 0 aliphatic heterocycles. The van der Waals surface area contributed by atoms with Crippen molar-refractivity contribution in [1.82, 2.24) is 15.2 Å². The van der Waals surface area contributed by atoms with Crippen molar-refractivity contribution < 1.29 is 18.7 Å². The summed E-state index contributed by atoms with van der Waals surface area (Å²) in [6.07, 6.45) is 2.92. The van der Waals surface area contributed by atoms with Gasteiger partial charge in [-0.05, 0) is 31.9 Å². The third-order valence-electron chi connectivity index (χ3n) is 3.86. The van der Waals surface area contributed by atoms with Crippen molar-refractivity contribution in [2.75, 3.05) is 25.0 Å². The van der Waals surface area contributed by atoms with Gasteiger partial charge in [-0.25, -0.2) is 9.78 Å². The lowest BCUT2D eigenvalue weighted by atomic mass is 10.3. The highest BCUT2D eigenvalue weighted by molar-refractivity contribution is 5.92. The van der Waals surface area contributed by atoms with Crippen LogP contribution >= 0.6 is 0 Å². The number of amides is 3. The molecular formula is C20H28N4O4. The van der Waals surface area contributed by atoms with E-state index in [4.69, 9.17) is 9.15 Å². The zero-order valence-corrected chi connectivity index (χ0v) is 16.7. The monoisotopic (exact) mass is 388 g/mol. The fraction of sp³-hybridized carbons (Fsp3) is 0.450. The predicted octanol–water partition coefficient (Wildman–Crippen LogP) is 3.66. The second-order valence-electron chi connectivity index (χ2n) is 6.16. The molecule has 1 heterocycles. The highest BCUT2D eigenvalue weighted by atomic mass is 16.5. The topological polar surface area (TPSA) is 96.7 Å². The molecule has 3 amide bonds. The van der Waals surface area contributed by atoms with E-state index in [2.05, 4.69) is 15.6 Å². The Kier molecular flexibility index (Phi) is 8.33. The molecule has 0 saturated heterocycles. The summed E-state index contributed by atoms with van der Waals surface area (Å²) in [5, 5.41) is 5.62. The summed E-state index contributed by atoms with van der Waals surface area (Å²) in [6, 6.07) is 6.98. The lowest BCUT2D eigenvalue weighted by molar-refractivity contribution is 0.0948. The minimum absolute atomic E-state index is 0.164. The maximum Gasteiger partial charge on any atom is 0.322 e. The molecule has 0 fully saturated rings. The molecule has 0 spiro atoms. The van der Waals surface area contributed by atoms with E-state index in [9.17, 15) is 9.59 Å². The molecule has 0 aliphatic carbocycles. The molecule has 2 aromatic rings. The first-order valence-electron chi connectivity index (χ1n) is 9.59. The van der Waals surface area contributed by atoms with E-state index < -0.39 is 0 Å². The summed E-state index contributed by atoms with van der Waals surface area (Å²) in [6.45, 7) is 7.60. The number of anilines is 1. The van der Waals surface area contributed by atoms with Crippen molar-refractivity contribution in [2.24, 2.45) is 0 Å². The molecule has 2 N–H and O–H groups in total. The van der Waals surface area contributed by atoms with Gasteiger partial charge in [0.25, 0.3) is 5.91 Å². The minimum Gasteiger partial charge on any atom is -0.492 e. The van der Waals surface area contributed by atoms with Gasteiger partial charge in [0.05, 0.1) is 18.8 Å². The molecule has 8 nitrogen and oxygen atoms in total. The van der Waals surface area contributed by atoms with Crippen molar-refractivity contribution in [3.8, 4) is 5.75 Å². The number of ether oxygens (including phenoxy) is 1. The van der Waals surface area contributed by atoms with Gasteiger partial charge in [-0.2, -0.15) is 0 Å². The number of hydrogen-bond acceptors (Lipinski definition) is 5. The number of oxazole rings is 1. The van der Waals surface area contributed by atoms with Crippen LogP contribution in [0, 0.1) is 0 Å². The number of para-hydroxylation sites is 2. The molecular weight excluding hydrogens is 360 g/mol. The van der Waals surface area contributed by atoms with Crippen LogP contribution in [-0.4, -0.2) is 41.5 Å². The van der Waals surface area contributed by atoms with Crippen molar-refractivity contribution in [3.05, 3.63) is 42.1 Å². The van der Waals surface area contributed by atoms with Gasteiger partial charge in [0.15, 0.2) is 5.69 Å². The van der Waals surface area contributed by atoms with Crippen LogP contribution in [0.4, 0.5) is 10.5 Å². The van der Waals surface area contributed by atoms with Crippen LogP contribution in [-0.2, 0) is 6.54 Å². The van der Waals surface area contributed by atoms with E-state index in [-0.39, 0.29) is 24.2 Å². The standard InChI is InChI=1S/C20H28N4O4/c1-4-11-21-19(25)16-14-28-18(22-16)13-24(12-5-2)20(26)23-15-9-7-8-10-17(15)27-6-3/h7-10,14H,4-6,11-13H2,1-3H3,(H,21,25)(H,23,26). The lowest BCUT2D eigenvalue weighted by Gasteiger charge is -2.21. The van der Waals surface area contributed by atoms with Gasteiger partial charge in [0.1, 0.15) is 12.0 Å². The zero-order chi connectivity index (χ0) is 20.4. The Hall–Kier alpha value is -3.03. The van der Waals surface area contributed by atoms with Crippen LogP contribution < -0.4 is 15.4 Å². The van der Waals surface area contributed by atoms with E-state index in [0.29, 0.717) is 37.0 Å². The van der Waals surface area contributed by atoms with Crippen LogP contribution in [0.2, 0.25) is 0 Å². The summed E-state index contributed by atoms with van der Waals surface area (Å²) in [5.74, 6) is 0.637. The fourth-order valence-electron chi connectivity index (χ4n) is 2.55. The van der Waals surface area contributed by atoms with Gasteiger partial charge in [-0.1, -0.05) is 26.0 Å². The SMILES string of the molecule is CCCNC(=O)c1coc(CN(CCC)C(=O)Nc2ccccc2OCC)n1. The molecule has 2 rings (SSSR count). The third kappa shape index (κ3) is 6.00. The number of carbonyl (C=O) groups excluding carboxylic acids is 2. The number of nitrogens with one attached hydrogen (secondary N) is 2. The molecule has 28 heavy (non-hydrogen) atoms. The summed E-state index contributed by atoms with van der Waals surface area (Å²) < 4.78 is 10.9. The molecule has 1 aromatic heterocycles. The van der Waals surface area contributed by atoms with Gasteiger partial charge in [0, 0.05) is 13.1 Å². The third-order valence-corrected chi connectivity index (χ3v) is 3.86. The number of carbonyl (C=O) groups is 2. The van der Waals surface area contributed by atoms with E-state index in [1.54, 1.807) is 17.0 Å². The number of rotatable bonds is 10. The normalized spacial score (nSPS) is 10.4. The molecule has 0 atom stereocenters. The van der Waals surface area contributed by atoms with Crippen LogP contribution in [0.5, 0.6) is 5.75 Å². The van der Waals surface area contributed by atoms with Gasteiger partial charge in [-0.3, -0.25) is 4.79 Å². The predicted molar refractivity (Wildman–Crippen MR) is 106 cm³/mol. The Morgan fingerprint density at radius 3 is 2.68 bits per heavy atom. The number of aromatic nitrogens is 1. The lowest BCUT2D eigenvalue weighted by Crippen LogP contribution is -2.35. The first-order chi connectivity index (χ1) is 13.6. The second-order valence-corrected chi connectivity index (χ2v) is 6.16. The van der Waals surface area contributed by atoms with Gasteiger partial charge in [-0.15, -0.1) is 0 Å². The quantitative estimate of drug-likeness (QED) is 0.647. The summed E-state index contributed by atoms with van der Waals surface area (Å²) in [5.41, 5.74) is 0.810. The maximum absolute atomic E-state index is 12.8. The van der Waals surface area contributed by atoms with Crippen LogP contribution in [0.1, 0.15) is 50.0 Å². The van der Waals surface area contributed by atoms with Crippen LogP contribution in [0.25, 0.3) is 0 Å². The van der Waals surface area contributed by atoms with E-state index in [0.717, 1.165) is 12.8 Å². The smallest absolute Gasteiger partial charge is 0.322 e. The van der Waals surface area contributed by atoms with Crippen LogP contribution in [0.3, 0.4) is 0 Å². The van der Waals surface area contributed by atoms with Crippen molar-refractivity contribution in [1.29, 1.82) is 0 Å². The first kappa shape index (κ1) is 21.3. The molecule has 1 aromatic carbocycles. The van der Waals surface area contributed by atoms with E-state index >= 15 is 0 Å². The largest absolute Gasteiger partial charge is 0.492 e. The van der Waals surface area contributed by atoms with Gasteiger partial charge < -0.3 is 24.7 Å². The summed E-state index contributed by atoms with van der Waals surface area (Å²) in [4.78, 5) is 30.5. The fourth-order valence-corrected chi connectivity index (χ4v) is 2.55. The number of nitrogens with zero attached hydrogens (tertiary/aromatic N) is 2. The molecule has 0 radical (unpaired) electrons. The maximum atomic E-state index is 12.8. The molecule has 0 saturated carbocycles. The van der Waals surface area contributed by atoms with Gasteiger partial charge >= 0.3 is 6.03 Å². The summed E-state index contributed by atoms with van der Waals surface area (Å²) in [7, 11) is 0. The zero-order valence-electron chi connectivity index (χ0n) is 16.7. The number of hydrogen-bond donors (Lipinski definition) is 2. The van der Waals surface area contributed by atoms with Gasteiger partial charge in [0.2, 0.25) is 5.89 Å².